The summed E-state index contributed by atoms with van der Waals surface area (Å²) in [6.45, 7) is 4.78. The van der Waals surface area contributed by atoms with Crippen LogP contribution in [0.2, 0.25) is 0 Å². The molecule has 0 spiro atoms. The Bertz CT molecular complexity index is 510. The molecule has 0 fully saturated rings. The molecular formula is C13H14F5NO. The number of carbonyl (C=O) groups is 1. The summed E-state index contributed by atoms with van der Waals surface area (Å²) in [5.41, 5.74) is 2.00. The minimum absolute atomic E-state index is 0.497. The van der Waals surface area contributed by atoms with E-state index in [4.69, 9.17) is 0 Å². The van der Waals surface area contributed by atoms with Gasteiger partial charge in [0.25, 0.3) is 0 Å². The number of rotatable bonds is 3. The molecule has 0 aliphatic carbocycles. The van der Waals surface area contributed by atoms with Crippen LogP contribution < -0.4 is 5.32 Å². The highest BCUT2D eigenvalue weighted by molar-refractivity contribution is 5.84. The maximum absolute atomic E-state index is 12.8. The fourth-order valence-electron chi connectivity index (χ4n) is 1.72. The lowest BCUT2D eigenvalue weighted by atomic mass is 10.00. The van der Waals surface area contributed by atoms with E-state index in [1.54, 1.807) is 37.4 Å². The smallest absolute Gasteiger partial charge is 0.344 e. The van der Waals surface area contributed by atoms with Crippen molar-refractivity contribution >= 4 is 5.91 Å². The van der Waals surface area contributed by atoms with E-state index in [0.717, 1.165) is 5.56 Å². The van der Waals surface area contributed by atoms with Gasteiger partial charge in [0, 0.05) is 0 Å². The molecule has 0 bridgehead atoms. The maximum Gasteiger partial charge on any atom is 0.463 e. The Morgan fingerprint density at radius 1 is 1.15 bits per heavy atom. The molecular weight excluding hydrogens is 281 g/mol. The number of carbonyl (C=O) groups excluding carboxylic acids is 1. The summed E-state index contributed by atoms with van der Waals surface area (Å²) in [4.78, 5) is 11.1. The molecule has 1 rings (SSSR count). The first kappa shape index (κ1) is 16.4. The monoisotopic (exact) mass is 295 g/mol. The third-order valence-corrected chi connectivity index (χ3v) is 2.89. The van der Waals surface area contributed by atoms with E-state index in [2.05, 4.69) is 0 Å². The molecule has 1 unspecified atom stereocenters. The first-order valence-corrected chi connectivity index (χ1v) is 5.79. The van der Waals surface area contributed by atoms with Crippen LogP contribution in [0, 0.1) is 13.8 Å². The van der Waals surface area contributed by atoms with Gasteiger partial charge in [-0.2, -0.15) is 22.0 Å². The molecule has 0 saturated carbocycles. The van der Waals surface area contributed by atoms with E-state index >= 15 is 0 Å². The highest BCUT2D eigenvalue weighted by Gasteiger charge is 2.63. The van der Waals surface area contributed by atoms with Crippen LogP contribution in [-0.2, 0) is 4.79 Å². The van der Waals surface area contributed by atoms with E-state index < -0.39 is 24.0 Å². The minimum Gasteiger partial charge on any atom is -0.344 e. The van der Waals surface area contributed by atoms with E-state index in [0.29, 0.717) is 11.1 Å². The van der Waals surface area contributed by atoms with Gasteiger partial charge in [-0.3, -0.25) is 4.79 Å². The number of hydrogen-bond donors (Lipinski definition) is 1. The Hall–Kier alpha value is -1.66. The Kier molecular flexibility index (Phi) is 4.41. The lowest BCUT2D eigenvalue weighted by molar-refractivity contribution is -0.270. The van der Waals surface area contributed by atoms with Crippen molar-refractivity contribution < 1.29 is 26.7 Å². The summed E-state index contributed by atoms with van der Waals surface area (Å²) in [5.74, 6) is -7.75. The van der Waals surface area contributed by atoms with Crippen molar-refractivity contribution in [2.45, 2.75) is 38.9 Å². The molecule has 0 heterocycles. The SMILES string of the molecule is Cc1ccc(C)c(C(C)NC(=O)C(F)(F)C(F)(F)F)c1. The van der Waals surface area contributed by atoms with Crippen LogP contribution in [0.15, 0.2) is 18.2 Å². The van der Waals surface area contributed by atoms with Crippen molar-refractivity contribution in [1.82, 2.24) is 5.32 Å². The summed E-state index contributed by atoms with van der Waals surface area (Å²) in [6.07, 6.45) is -5.90. The van der Waals surface area contributed by atoms with E-state index in [1.807, 2.05) is 0 Å². The molecule has 112 valence electrons. The molecule has 20 heavy (non-hydrogen) atoms. The minimum atomic E-state index is -5.90. The zero-order valence-electron chi connectivity index (χ0n) is 11.1. The van der Waals surface area contributed by atoms with Gasteiger partial charge in [-0.05, 0) is 31.9 Å². The van der Waals surface area contributed by atoms with Crippen LogP contribution in [0.3, 0.4) is 0 Å². The lowest BCUT2D eigenvalue weighted by Gasteiger charge is -2.22. The van der Waals surface area contributed by atoms with Crippen molar-refractivity contribution in [2.24, 2.45) is 0 Å². The molecule has 0 aliphatic rings. The molecule has 0 aromatic heterocycles. The van der Waals surface area contributed by atoms with Crippen LogP contribution >= 0.6 is 0 Å². The third-order valence-electron chi connectivity index (χ3n) is 2.89. The van der Waals surface area contributed by atoms with E-state index in [1.165, 1.54) is 6.92 Å². The molecule has 2 nitrogen and oxygen atoms in total. The largest absolute Gasteiger partial charge is 0.463 e. The van der Waals surface area contributed by atoms with E-state index in [-0.39, 0.29) is 0 Å². The second kappa shape index (κ2) is 5.38. The number of halogens is 5. The van der Waals surface area contributed by atoms with Crippen LogP contribution in [0.1, 0.15) is 29.7 Å². The first-order valence-electron chi connectivity index (χ1n) is 5.79. The van der Waals surface area contributed by atoms with Gasteiger partial charge < -0.3 is 5.32 Å². The van der Waals surface area contributed by atoms with Gasteiger partial charge in [-0.1, -0.05) is 23.8 Å². The van der Waals surface area contributed by atoms with Crippen molar-refractivity contribution in [3.05, 3.63) is 34.9 Å². The maximum atomic E-state index is 12.8. The second-order valence-corrected chi connectivity index (χ2v) is 4.63. The zero-order valence-corrected chi connectivity index (χ0v) is 11.1. The van der Waals surface area contributed by atoms with Crippen molar-refractivity contribution in [2.75, 3.05) is 0 Å². The average Bonchev–Trinajstić information content (AvgIpc) is 2.30. The second-order valence-electron chi connectivity index (χ2n) is 4.63. The quantitative estimate of drug-likeness (QED) is 0.847. The summed E-state index contributed by atoms with van der Waals surface area (Å²) in [7, 11) is 0. The molecule has 0 aliphatic heterocycles. The number of amides is 1. The van der Waals surface area contributed by atoms with Gasteiger partial charge in [0.2, 0.25) is 0 Å². The van der Waals surface area contributed by atoms with Crippen molar-refractivity contribution in [3.63, 3.8) is 0 Å². The van der Waals surface area contributed by atoms with E-state index in [9.17, 15) is 26.7 Å². The fraction of sp³-hybridized carbons (Fsp3) is 0.462. The Balaban J connectivity index is 2.94. The summed E-state index contributed by atoms with van der Waals surface area (Å²) >= 11 is 0. The number of benzene rings is 1. The van der Waals surface area contributed by atoms with Gasteiger partial charge >= 0.3 is 18.0 Å². The number of aryl methyl sites for hydroxylation is 2. The average molecular weight is 295 g/mol. The standard InChI is InChI=1S/C13H14F5NO/c1-7-4-5-8(2)10(6-7)9(3)19-11(20)12(14,15)13(16,17)18/h4-6,9H,1-3H3,(H,19,20). The molecule has 7 heteroatoms. The Morgan fingerprint density at radius 3 is 2.20 bits per heavy atom. The van der Waals surface area contributed by atoms with Gasteiger partial charge in [-0.25, -0.2) is 0 Å². The molecule has 0 radical (unpaired) electrons. The molecule has 1 aromatic carbocycles. The highest BCUT2D eigenvalue weighted by atomic mass is 19.4. The Labute approximate surface area is 113 Å². The summed E-state index contributed by atoms with van der Waals surface area (Å²) in [6, 6.07) is 4.16. The number of hydrogen-bond acceptors (Lipinski definition) is 1. The topological polar surface area (TPSA) is 29.1 Å². The molecule has 1 aromatic rings. The number of nitrogens with one attached hydrogen (secondary N) is 1. The van der Waals surface area contributed by atoms with Crippen molar-refractivity contribution in [3.8, 4) is 0 Å². The summed E-state index contributed by atoms with van der Waals surface area (Å²) < 4.78 is 61.9. The van der Waals surface area contributed by atoms with Crippen LogP contribution in [0.5, 0.6) is 0 Å². The van der Waals surface area contributed by atoms with Crippen LogP contribution in [-0.4, -0.2) is 18.0 Å². The first-order chi connectivity index (χ1) is 8.96. The summed E-state index contributed by atoms with van der Waals surface area (Å²) in [5, 5.41) is 1.70. The predicted molar refractivity (Wildman–Crippen MR) is 63.5 cm³/mol. The lowest BCUT2D eigenvalue weighted by Crippen LogP contribution is -2.50. The zero-order chi connectivity index (χ0) is 15.7. The molecule has 1 N–H and O–H groups in total. The molecule has 1 atom stereocenters. The molecule has 1 amide bonds. The highest BCUT2D eigenvalue weighted by Crippen LogP contribution is 2.36. The van der Waals surface area contributed by atoms with Gasteiger partial charge in [0.05, 0.1) is 6.04 Å². The van der Waals surface area contributed by atoms with Gasteiger partial charge in [0.15, 0.2) is 0 Å². The predicted octanol–water partition coefficient (Wildman–Crippen LogP) is 3.68. The van der Waals surface area contributed by atoms with Crippen LogP contribution in [0.25, 0.3) is 0 Å². The van der Waals surface area contributed by atoms with Crippen LogP contribution in [0.4, 0.5) is 22.0 Å². The normalized spacial score (nSPS) is 14.0. The fourth-order valence-corrected chi connectivity index (χ4v) is 1.72. The molecule has 0 saturated heterocycles. The Morgan fingerprint density at radius 2 is 1.70 bits per heavy atom. The van der Waals surface area contributed by atoms with Gasteiger partial charge in [0.1, 0.15) is 0 Å². The van der Waals surface area contributed by atoms with Gasteiger partial charge in [-0.15, -0.1) is 0 Å². The number of alkyl halides is 5. The third kappa shape index (κ3) is 3.26. The van der Waals surface area contributed by atoms with Crippen molar-refractivity contribution in [1.29, 1.82) is 0 Å².